The van der Waals surface area contributed by atoms with Crippen molar-refractivity contribution in [1.82, 2.24) is 10.7 Å². The summed E-state index contributed by atoms with van der Waals surface area (Å²) in [5.41, 5.74) is 1.21. The first-order valence-electron chi connectivity index (χ1n) is 9.06. The molecule has 3 atom stereocenters. The van der Waals surface area contributed by atoms with Gasteiger partial charge in [-0.3, -0.25) is 9.59 Å². The van der Waals surface area contributed by atoms with Gasteiger partial charge in [0, 0.05) is 5.92 Å². The maximum atomic E-state index is 12.9. The number of nitrogens with one attached hydrogen (secondary N) is 3. The fraction of sp³-hybridized carbons (Fsp3) is 0.684. The lowest BCUT2D eigenvalue weighted by molar-refractivity contribution is -0.525. The number of hydrogen-bond acceptors (Lipinski definition) is 6. The summed E-state index contributed by atoms with van der Waals surface area (Å²) in [7, 11) is 0. The molecule has 1 saturated carbocycles. The van der Waals surface area contributed by atoms with Crippen LogP contribution in [0.4, 0.5) is 0 Å². The molecule has 3 N–H and O–H groups in total. The van der Waals surface area contributed by atoms with Crippen LogP contribution in [0.15, 0.2) is 12.7 Å². The second-order valence-electron chi connectivity index (χ2n) is 8.08. The first-order valence-corrected chi connectivity index (χ1v) is 9.06. The van der Waals surface area contributed by atoms with Gasteiger partial charge >= 0.3 is 11.9 Å². The fourth-order valence-corrected chi connectivity index (χ4v) is 2.80. The average Bonchev–Trinajstić information content (AvgIpc) is 3.21. The van der Waals surface area contributed by atoms with Crippen molar-refractivity contribution in [2.24, 2.45) is 11.8 Å². The van der Waals surface area contributed by atoms with Crippen molar-refractivity contribution in [3.63, 3.8) is 0 Å². The third-order valence-electron chi connectivity index (χ3n) is 4.21. The quantitative estimate of drug-likeness (QED) is 0.206. The normalized spacial score (nSPS) is 22.4. The molecule has 27 heavy (non-hydrogen) atoms. The Morgan fingerprint density at radius 1 is 1.33 bits per heavy atom. The first kappa shape index (κ1) is 22.7. The van der Waals surface area contributed by atoms with E-state index in [1.165, 1.54) is 6.08 Å². The topological polar surface area (TPSA) is 108 Å². The van der Waals surface area contributed by atoms with Gasteiger partial charge in [-0.15, -0.1) is 5.10 Å². The van der Waals surface area contributed by atoms with Gasteiger partial charge in [0.25, 0.3) is 5.91 Å². The molecule has 1 rings (SSSR count). The summed E-state index contributed by atoms with van der Waals surface area (Å²) in [4.78, 5) is 37.1. The van der Waals surface area contributed by atoms with E-state index >= 15 is 0 Å². The van der Waals surface area contributed by atoms with Crippen molar-refractivity contribution >= 4 is 24.6 Å². The van der Waals surface area contributed by atoms with E-state index in [1.807, 2.05) is 13.8 Å². The summed E-state index contributed by atoms with van der Waals surface area (Å²) in [6.45, 7) is 16.1. The highest BCUT2D eigenvalue weighted by atomic mass is 16.6. The van der Waals surface area contributed by atoms with E-state index < -0.39 is 23.2 Å². The van der Waals surface area contributed by atoms with Crippen LogP contribution < -0.4 is 15.8 Å². The Morgan fingerprint density at radius 3 is 2.44 bits per heavy atom. The third-order valence-corrected chi connectivity index (χ3v) is 4.21. The summed E-state index contributed by atoms with van der Waals surface area (Å²) in [5.74, 6) is -1.72. The van der Waals surface area contributed by atoms with Crippen LogP contribution in [0.3, 0.4) is 0 Å². The predicted octanol–water partition coefficient (Wildman–Crippen LogP) is -0.367. The predicted molar refractivity (Wildman–Crippen MR) is 100 cm³/mol. The molecule has 1 amide bonds. The molecule has 0 bridgehead atoms. The van der Waals surface area contributed by atoms with Gasteiger partial charge in [0.2, 0.25) is 0 Å². The van der Waals surface area contributed by atoms with Gasteiger partial charge in [0.15, 0.2) is 12.3 Å². The number of hydrazone groups is 1. The van der Waals surface area contributed by atoms with Gasteiger partial charge in [0.1, 0.15) is 18.2 Å². The molecule has 0 saturated heterocycles. The van der Waals surface area contributed by atoms with Gasteiger partial charge in [0.05, 0.1) is 6.42 Å². The Balaban J connectivity index is 2.81. The van der Waals surface area contributed by atoms with Gasteiger partial charge < -0.3 is 14.8 Å². The summed E-state index contributed by atoms with van der Waals surface area (Å²) in [6.07, 6.45) is 1.98. The molecule has 8 heteroatoms. The van der Waals surface area contributed by atoms with E-state index in [2.05, 4.69) is 29.1 Å². The highest BCUT2D eigenvalue weighted by molar-refractivity contribution is 5.94. The molecule has 1 aliphatic carbocycles. The van der Waals surface area contributed by atoms with Crippen molar-refractivity contribution in [3.8, 4) is 0 Å². The highest BCUT2D eigenvalue weighted by Gasteiger charge is 2.63. The lowest BCUT2D eigenvalue weighted by Crippen LogP contribution is -2.83. The number of carbonyl (C=O) groups is 3. The lowest BCUT2D eigenvalue weighted by atomic mass is 10.0. The molecular weight excluding hydrogens is 350 g/mol. The number of hydrazine groups is 1. The minimum Gasteiger partial charge on any atom is -0.460 e. The second-order valence-corrected chi connectivity index (χ2v) is 8.08. The third kappa shape index (κ3) is 6.37. The lowest BCUT2D eigenvalue weighted by Gasteiger charge is -2.23. The number of esters is 2. The van der Waals surface area contributed by atoms with Crippen LogP contribution in [0, 0.1) is 11.8 Å². The van der Waals surface area contributed by atoms with Crippen LogP contribution in [0.25, 0.3) is 0 Å². The maximum absolute atomic E-state index is 12.9. The van der Waals surface area contributed by atoms with Crippen LogP contribution >= 0.6 is 0 Å². The van der Waals surface area contributed by atoms with Crippen molar-refractivity contribution in [2.75, 3.05) is 6.61 Å². The van der Waals surface area contributed by atoms with Crippen LogP contribution in [0.5, 0.6) is 0 Å². The molecule has 1 aliphatic rings. The standard InChI is InChI=1S/C19H31N3O5/c1-8-9-26-16(24)15(12(2)3)21-17(25)19(22-20-7)11-13(19)10-14(23)27-18(4,5)6/h8,12-13,15,22H,1,7,9-11H2,2-6H3,(H,21,25)/p+1/t13-,15+,19?/m1/s1. The smallest absolute Gasteiger partial charge is 0.329 e. The molecule has 0 aliphatic heterocycles. The fourth-order valence-electron chi connectivity index (χ4n) is 2.80. The van der Waals surface area contributed by atoms with E-state index in [1.54, 1.807) is 20.8 Å². The van der Waals surface area contributed by atoms with Crippen molar-refractivity contribution in [1.29, 1.82) is 0 Å². The SMILES string of the molecule is C=CCOC(=O)[C@@H](NC(=O)C1(N[NH+]=C)C[C@H]1CC(=O)OC(C)(C)C)C(C)C. The maximum Gasteiger partial charge on any atom is 0.329 e. The van der Waals surface area contributed by atoms with Gasteiger partial charge in [-0.2, -0.15) is 5.43 Å². The van der Waals surface area contributed by atoms with Crippen molar-refractivity contribution in [3.05, 3.63) is 12.7 Å². The minimum atomic E-state index is -1.02. The number of rotatable bonds is 10. The first-order chi connectivity index (χ1) is 12.5. The molecule has 1 fully saturated rings. The summed E-state index contributed by atoms with van der Waals surface area (Å²) in [5, 5.41) is 5.26. The molecule has 8 nitrogen and oxygen atoms in total. The molecule has 0 radical (unpaired) electrons. The van der Waals surface area contributed by atoms with Crippen LogP contribution in [-0.2, 0) is 23.9 Å². The molecule has 0 spiro atoms. The van der Waals surface area contributed by atoms with Crippen molar-refractivity contribution in [2.45, 2.75) is 64.6 Å². The van der Waals surface area contributed by atoms with E-state index in [4.69, 9.17) is 9.47 Å². The average molecular weight is 382 g/mol. The molecular formula is C19H32N3O5+. The van der Waals surface area contributed by atoms with E-state index in [-0.39, 0.29) is 36.7 Å². The van der Waals surface area contributed by atoms with Gasteiger partial charge in [-0.1, -0.05) is 26.5 Å². The van der Waals surface area contributed by atoms with E-state index in [0.29, 0.717) is 6.42 Å². The van der Waals surface area contributed by atoms with Crippen LogP contribution in [-0.4, -0.2) is 48.4 Å². The summed E-state index contributed by atoms with van der Waals surface area (Å²) in [6, 6.07) is -0.802. The van der Waals surface area contributed by atoms with Crippen LogP contribution in [0.1, 0.15) is 47.5 Å². The number of amides is 1. The van der Waals surface area contributed by atoms with Gasteiger partial charge in [-0.05, 0) is 33.1 Å². The number of hydrogen-bond donors (Lipinski definition) is 3. The Hall–Kier alpha value is -2.38. The molecule has 0 aromatic carbocycles. The second kappa shape index (κ2) is 9.01. The Labute approximate surface area is 160 Å². The Bertz CT molecular complexity index is 597. The zero-order chi connectivity index (χ0) is 20.8. The molecule has 0 aromatic rings. The highest BCUT2D eigenvalue weighted by Crippen LogP contribution is 2.45. The summed E-state index contributed by atoms with van der Waals surface area (Å²) >= 11 is 0. The Morgan fingerprint density at radius 2 is 1.96 bits per heavy atom. The molecule has 152 valence electrons. The zero-order valence-corrected chi connectivity index (χ0v) is 16.9. The largest absolute Gasteiger partial charge is 0.460 e. The monoisotopic (exact) mass is 382 g/mol. The minimum absolute atomic E-state index is 0.0724. The van der Waals surface area contributed by atoms with Crippen molar-refractivity contribution < 1.29 is 29.0 Å². The molecule has 0 heterocycles. The number of ether oxygens (including phenoxy) is 2. The Kier molecular flexibility index (Phi) is 7.56. The zero-order valence-electron chi connectivity index (χ0n) is 16.9. The molecule has 0 aromatic heterocycles. The molecule has 1 unspecified atom stereocenters. The van der Waals surface area contributed by atoms with Crippen LogP contribution in [0.2, 0.25) is 0 Å². The van der Waals surface area contributed by atoms with E-state index in [9.17, 15) is 14.4 Å². The number of carbonyl (C=O) groups excluding carboxylic acids is 3. The van der Waals surface area contributed by atoms with Gasteiger partial charge in [-0.25, -0.2) is 4.79 Å². The summed E-state index contributed by atoms with van der Waals surface area (Å²) < 4.78 is 10.4. The van der Waals surface area contributed by atoms with E-state index in [0.717, 1.165) is 0 Å².